The first-order chi connectivity index (χ1) is 13.5. The third-order valence-corrected chi connectivity index (χ3v) is 5.39. The van der Waals surface area contributed by atoms with E-state index < -0.39 is 0 Å². The summed E-state index contributed by atoms with van der Waals surface area (Å²) in [5.41, 5.74) is 2.26. The first kappa shape index (κ1) is 18.5. The molecule has 3 aromatic heterocycles. The summed E-state index contributed by atoms with van der Waals surface area (Å²) in [6.07, 6.45) is 5.31. The highest BCUT2D eigenvalue weighted by atomic mass is 16.4. The molecule has 0 radical (unpaired) electrons. The number of oxazole rings is 1. The Morgan fingerprint density at radius 1 is 1.29 bits per heavy atom. The second-order valence-corrected chi connectivity index (χ2v) is 7.36. The number of rotatable bonds is 5. The Bertz CT molecular complexity index is 970. The Hall–Kier alpha value is -2.90. The highest BCUT2D eigenvalue weighted by Crippen LogP contribution is 2.27. The summed E-state index contributed by atoms with van der Waals surface area (Å²) in [7, 11) is 1.86. The molecule has 1 saturated heterocycles. The van der Waals surface area contributed by atoms with Gasteiger partial charge in [0.25, 0.3) is 6.01 Å². The van der Waals surface area contributed by atoms with E-state index >= 15 is 0 Å². The fourth-order valence-electron chi connectivity index (χ4n) is 3.74. The molecule has 3 aromatic rings. The van der Waals surface area contributed by atoms with E-state index in [1.807, 2.05) is 32.3 Å². The Labute approximate surface area is 164 Å². The summed E-state index contributed by atoms with van der Waals surface area (Å²) in [5.74, 6) is 1.13. The van der Waals surface area contributed by atoms with Crippen molar-refractivity contribution in [3.05, 3.63) is 36.0 Å². The Kier molecular flexibility index (Phi) is 5.02. The summed E-state index contributed by atoms with van der Waals surface area (Å²) < 4.78 is 7.91. The van der Waals surface area contributed by atoms with Gasteiger partial charge in [0.2, 0.25) is 11.6 Å². The number of nitrogens with zero attached hydrogens (tertiary/aromatic N) is 6. The van der Waals surface area contributed by atoms with Gasteiger partial charge in [-0.3, -0.25) is 4.79 Å². The van der Waals surface area contributed by atoms with Gasteiger partial charge in [0, 0.05) is 50.7 Å². The van der Waals surface area contributed by atoms with Gasteiger partial charge in [-0.05, 0) is 38.8 Å². The predicted molar refractivity (Wildman–Crippen MR) is 106 cm³/mol. The zero-order valence-corrected chi connectivity index (χ0v) is 16.6. The first-order valence-corrected chi connectivity index (χ1v) is 9.79. The third kappa shape index (κ3) is 3.58. The van der Waals surface area contributed by atoms with Crippen LogP contribution < -0.4 is 4.90 Å². The molecule has 0 atom stereocenters. The third-order valence-electron chi connectivity index (χ3n) is 5.39. The summed E-state index contributed by atoms with van der Waals surface area (Å²) >= 11 is 0. The van der Waals surface area contributed by atoms with Crippen molar-refractivity contribution in [2.24, 2.45) is 5.92 Å². The van der Waals surface area contributed by atoms with Crippen LogP contribution in [-0.2, 0) is 17.9 Å². The van der Waals surface area contributed by atoms with Gasteiger partial charge >= 0.3 is 0 Å². The molecule has 1 amide bonds. The van der Waals surface area contributed by atoms with E-state index in [0.29, 0.717) is 23.8 Å². The molecule has 4 rings (SSSR count). The summed E-state index contributed by atoms with van der Waals surface area (Å²) in [5, 5.41) is 0. The van der Waals surface area contributed by atoms with E-state index in [4.69, 9.17) is 4.42 Å². The minimum absolute atomic E-state index is 0.0241. The molecule has 148 valence electrons. The average Bonchev–Trinajstić information content (AvgIpc) is 3.33. The molecule has 1 aliphatic rings. The molecule has 0 unspecified atom stereocenters. The van der Waals surface area contributed by atoms with Crippen molar-refractivity contribution in [3.63, 3.8) is 0 Å². The number of hydrogen-bond donors (Lipinski definition) is 0. The highest BCUT2D eigenvalue weighted by molar-refractivity contribution is 5.79. The molecule has 0 N–H and O–H groups in total. The molecular formula is C20H26N6O2. The summed E-state index contributed by atoms with van der Waals surface area (Å²) in [6.45, 7) is 6.91. The summed E-state index contributed by atoms with van der Waals surface area (Å²) in [6, 6.07) is 4.42. The molecule has 8 nitrogen and oxygen atoms in total. The van der Waals surface area contributed by atoms with Crippen molar-refractivity contribution >= 4 is 23.2 Å². The normalized spacial score (nSPS) is 15.3. The van der Waals surface area contributed by atoms with Crippen molar-refractivity contribution in [1.82, 2.24) is 24.4 Å². The van der Waals surface area contributed by atoms with E-state index in [9.17, 15) is 4.79 Å². The monoisotopic (exact) mass is 382 g/mol. The molecule has 0 bridgehead atoms. The van der Waals surface area contributed by atoms with Crippen LogP contribution in [0.3, 0.4) is 0 Å². The molecule has 1 aliphatic heterocycles. The second kappa shape index (κ2) is 7.61. The Morgan fingerprint density at radius 3 is 2.82 bits per heavy atom. The van der Waals surface area contributed by atoms with Gasteiger partial charge in [0.1, 0.15) is 5.82 Å². The molecule has 0 aliphatic carbocycles. The van der Waals surface area contributed by atoms with Crippen LogP contribution >= 0.6 is 0 Å². The van der Waals surface area contributed by atoms with Crippen LogP contribution in [0, 0.1) is 12.8 Å². The number of pyridine rings is 1. The number of aromatic nitrogens is 4. The van der Waals surface area contributed by atoms with Crippen LogP contribution in [-0.4, -0.2) is 50.5 Å². The topological polar surface area (TPSA) is 80.3 Å². The minimum Gasteiger partial charge on any atom is -0.422 e. The van der Waals surface area contributed by atoms with Gasteiger partial charge in [-0.25, -0.2) is 9.97 Å². The van der Waals surface area contributed by atoms with Gasteiger partial charge in [0.15, 0.2) is 5.58 Å². The van der Waals surface area contributed by atoms with Crippen molar-refractivity contribution in [1.29, 1.82) is 0 Å². The van der Waals surface area contributed by atoms with Crippen LogP contribution in [0.5, 0.6) is 0 Å². The number of hydrogen-bond acceptors (Lipinski definition) is 6. The second-order valence-electron chi connectivity index (χ2n) is 7.36. The smallest absolute Gasteiger partial charge is 0.299 e. The summed E-state index contributed by atoms with van der Waals surface area (Å²) in [4.78, 5) is 30.0. The molecule has 0 aromatic carbocycles. The van der Waals surface area contributed by atoms with E-state index in [2.05, 4.69) is 31.3 Å². The van der Waals surface area contributed by atoms with Crippen molar-refractivity contribution in [3.8, 4) is 0 Å². The van der Waals surface area contributed by atoms with Crippen molar-refractivity contribution in [2.45, 2.75) is 39.8 Å². The largest absolute Gasteiger partial charge is 0.422 e. The van der Waals surface area contributed by atoms with Gasteiger partial charge in [0.05, 0.1) is 6.54 Å². The van der Waals surface area contributed by atoms with Gasteiger partial charge in [-0.15, -0.1) is 0 Å². The lowest BCUT2D eigenvalue weighted by molar-refractivity contribution is -0.135. The lowest BCUT2D eigenvalue weighted by Crippen LogP contribution is -2.41. The number of carbonyl (C=O) groups is 1. The van der Waals surface area contributed by atoms with Gasteiger partial charge in [-0.1, -0.05) is 0 Å². The molecule has 28 heavy (non-hydrogen) atoms. The maximum atomic E-state index is 12.9. The first-order valence-electron chi connectivity index (χ1n) is 9.79. The van der Waals surface area contributed by atoms with Gasteiger partial charge in [-0.2, -0.15) is 4.98 Å². The molecule has 8 heteroatoms. The van der Waals surface area contributed by atoms with E-state index in [1.165, 1.54) is 0 Å². The lowest BCUT2D eigenvalue weighted by Gasteiger charge is -2.32. The standard InChI is InChI=1S/C20H26N6O2/c1-4-25-12-9-21-17(25)13-24(3)19(27)15-7-10-26(11-8-15)20-23-18-16(28-20)6-5-14(2)22-18/h5-6,9,12,15H,4,7-8,10-11,13H2,1-3H3. The predicted octanol–water partition coefficient (Wildman–Crippen LogP) is 2.62. The maximum Gasteiger partial charge on any atom is 0.299 e. The van der Waals surface area contributed by atoms with E-state index in [0.717, 1.165) is 44.0 Å². The molecule has 0 spiro atoms. The SMILES string of the molecule is CCn1ccnc1CN(C)C(=O)C1CCN(c2nc3nc(C)ccc3o2)CC1. The minimum atomic E-state index is 0.0241. The number of aryl methyl sites for hydroxylation is 2. The number of piperidine rings is 1. The van der Waals surface area contributed by atoms with Crippen LogP contribution in [0.25, 0.3) is 11.2 Å². The fraction of sp³-hybridized carbons (Fsp3) is 0.500. The van der Waals surface area contributed by atoms with E-state index in [1.54, 1.807) is 11.1 Å². The maximum absolute atomic E-state index is 12.9. The lowest BCUT2D eigenvalue weighted by atomic mass is 9.95. The molecule has 0 saturated carbocycles. The number of fused-ring (bicyclic) bond motifs is 1. The highest BCUT2D eigenvalue weighted by Gasteiger charge is 2.29. The molecule has 4 heterocycles. The Balaban J connectivity index is 1.36. The Morgan fingerprint density at radius 2 is 2.07 bits per heavy atom. The number of amides is 1. The molecular weight excluding hydrogens is 356 g/mol. The zero-order chi connectivity index (χ0) is 19.7. The van der Waals surface area contributed by atoms with Crippen LogP contribution in [0.15, 0.2) is 28.9 Å². The van der Waals surface area contributed by atoms with Crippen LogP contribution in [0.4, 0.5) is 6.01 Å². The zero-order valence-electron chi connectivity index (χ0n) is 16.6. The number of anilines is 1. The van der Waals surface area contributed by atoms with E-state index in [-0.39, 0.29) is 11.8 Å². The molecule has 1 fully saturated rings. The number of carbonyl (C=O) groups excluding carboxylic acids is 1. The van der Waals surface area contributed by atoms with Crippen LogP contribution in [0.2, 0.25) is 0 Å². The van der Waals surface area contributed by atoms with Crippen molar-refractivity contribution in [2.75, 3.05) is 25.0 Å². The fourth-order valence-corrected chi connectivity index (χ4v) is 3.74. The quantitative estimate of drug-likeness (QED) is 0.675. The number of imidazole rings is 1. The van der Waals surface area contributed by atoms with Crippen molar-refractivity contribution < 1.29 is 9.21 Å². The van der Waals surface area contributed by atoms with Crippen LogP contribution in [0.1, 0.15) is 31.3 Å². The average molecular weight is 382 g/mol. The van der Waals surface area contributed by atoms with Gasteiger partial charge < -0.3 is 18.8 Å².